The Kier molecular flexibility index (Phi) is 3.82. The van der Waals surface area contributed by atoms with E-state index in [1.54, 1.807) is 12.1 Å². The third-order valence-electron chi connectivity index (χ3n) is 3.24. The Labute approximate surface area is 104 Å². The largest absolute Gasteiger partial charge is 0.381 e. The number of nitrogens with one attached hydrogen (secondary N) is 1. The SMILES string of the molecule is NCC(Nc1ccc(F)c(Br)c1)C1CCC1. The highest BCUT2D eigenvalue weighted by atomic mass is 79.9. The summed E-state index contributed by atoms with van der Waals surface area (Å²) in [5.41, 5.74) is 6.68. The molecule has 0 saturated heterocycles. The van der Waals surface area contributed by atoms with Crippen LogP contribution in [-0.2, 0) is 0 Å². The van der Waals surface area contributed by atoms with Crippen molar-refractivity contribution in [3.63, 3.8) is 0 Å². The molecule has 1 aliphatic rings. The Balaban J connectivity index is 2.03. The minimum atomic E-state index is -0.238. The number of anilines is 1. The molecular formula is C12H16BrFN2. The molecule has 1 aliphatic carbocycles. The molecular weight excluding hydrogens is 271 g/mol. The average Bonchev–Trinajstić information content (AvgIpc) is 2.20. The van der Waals surface area contributed by atoms with Crippen LogP contribution in [0.2, 0.25) is 0 Å². The third-order valence-corrected chi connectivity index (χ3v) is 3.85. The third kappa shape index (κ3) is 2.55. The summed E-state index contributed by atoms with van der Waals surface area (Å²) in [6.07, 6.45) is 3.80. The molecule has 4 heteroatoms. The summed E-state index contributed by atoms with van der Waals surface area (Å²) in [6, 6.07) is 5.28. The van der Waals surface area contributed by atoms with E-state index >= 15 is 0 Å². The van der Waals surface area contributed by atoms with Gasteiger partial charge in [0.1, 0.15) is 5.82 Å². The topological polar surface area (TPSA) is 38.0 Å². The van der Waals surface area contributed by atoms with Gasteiger partial charge in [0.25, 0.3) is 0 Å². The van der Waals surface area contributed by atoms with Crippen molar-refractivity contribution >= 4 is 21.6 Å². The lowest BCUT2D eigenvalue weighted by atomic mass is 9.79. The monoisotopic (exact) mass is 286 g/mol. The fraction of sp³-hybridized carbons (Fsp3) is 0.500. The molecule has 0 bridgehead atoms. The quantitative estimate of drug-likeness (QED) is 0.893. The van der Waals surface area contributed by atoms with E-state index in [1.165, 1.54) is 25.3 Å². The molecule has 0 radical (unpaired) electrons. The number of halogens is 2. The van der Waals surface area contributed by atoms with E-state index in [4.69, 9.17) is 5.73 Å². The number of nitrogens with two attached hydrogens (primary N) is 1. The van der Waals surface area contributed by atoms with Crippen molar-refractivity contribution < 1.29 is 4.39 Å². The van der Waals surface area contributed by atoms with Crippen LogP contribution >= 0.6 is 15.9 Å². The maximum absolute atomic E-state index is 13.1. The Hall–Kier alpha value is -0.610. The second-order valence-electron chi connectivity index (χ2n) is 4.31. The highest BCUT2D eigenvalue weighted by Crippen LogP contribution is 2.31. The van der Waals surface area contributed by atoms with E-state index < -0.39 is 0 Å². The standard InChI is InChI=1S/C12H16BrFN2/c13-10-6-9(4-5-11(10)14)16-12(7-15)8-2-1-3-8/h4-6,8,12,16H,1-3,7,15H2. The lowest BCUT2D eigenvalue weighted by Gasteiger charge is -2.34. The van der Waals surface area contributed by atoms with Crippen molar-refractivity contribution in [1.29, 1.82) is 0 Å². The van der Waals surface area contributed by atoms with E-state index in [0.29, 0.717) is 23.0 Å². The van der Waals surface area contributed by atoms with Gasteiger partial charge >= 0.3 is 0 Å². The zero-order valence-corrected chi connectivity index (χ0v) is 10.6. The van der Waals surface area contributed by atoms with Crippen molar-refractivity contribution in [3.8, 4) is 0 Å². The maximum atomic E-state index is 13.1. The van der Waals surface area contributed by atoms with Crippen LogP contribution in [0.3, 0.4) is 0 Å². The van der Waals surface area contributed by atoms with E-state index in [0.717, 1.165) is 5.69 Å². The molecule has 2 rings (SSSR count). The number of rotatable bonds is 4. The molecule has 3 N–H and O–H groups in total. The highest BCUT2D eigenvalue weighted by molar-refractivity contribution is 9.10. The summed E-state index contributed by atoms with van der Waals surface area (Å²) in [4.78, 5) is 0. The molecule has 0 amide bonds. The van der Waals surface area contributed by atoms with Crippen LogP contribution in [0.1, 0.15) is 19.3 Å². The van der Waals surface area contributed by atoms with Crippen molar-refractivity contribution in [2.75, 3.05) is 11.9 Å². The zero-order valence-electron chi connectivity index (χ0n) is 9.05. The van der Waals surface area contributed by atoms with Crippen LogP contribution in [-0.4, -0.2) is 12.6 Å². The first-order chi connectivity index (χ1) is 7.70. The van der Waals surface area contributed by atoms with Crippen LogP contribution in [0.4, 0.5) is 10.1 Å². The van der Waals surface area contributed by atoms with Crippen molar-refractivity contribution in [1.82, 2.24) is 0 Å². The van der Waals surface area contributed by atoms with Crippen LogP contribution in [0.15, 0.2) is 22.7 Å². The first kappa shape index (κ1) is 11.9. The summed E-state index contributed by atoms with van der Waals surface area (Å²) in [6.45, 7) is 0.625. The Morgan fingerprint density at radius 1 is 1.50 bits per heavy atom. The fourth-order valence-corrected chi connectivity index (χ4v) is 2.39. The van der Waals surface area contributed by atoms with Crippen molar-refractivity contribution in [3.05, 3.63) is 28.5 Å². The van der Waals surface area contributed by atoms with Crippen LogP contribution in [0.25, 0.3) is 0 Å². The Bertz CT molecular complexity index is 366. The molecule has 0 aromatic heterocycles. The van der Waals surface area contributed by atoms with Gasteiger partial charge in [-0.3, -0.25) is 0 Å². The molecule has 16 heavy (non-hydrogen) atoms. The van der Waals surface area contributed by atoms with Crippen molar-refractivity contribution in [2.24, 2.45) is 11.7 Å². The van der Waals surface area contributed by atoms with Gasteiger partial charge in [-0.1, -0.05) is 6.42 Å². The van der Waals surface area contributed by atoms with E-state index in [-0.39, 0.29) is 5.82 Å². The predicted molar refractivity (Wildman–Crippen MR) is 67.9 cm³/mol. The van der Waals surface area contributed by atoms with Gasteiger partial charge in [-0.2, -0.15) is 0 Å². The normalized spacial score (nSPS) is 17.9. The molecule has 0 spiro atoms. The maximum Gasteiger partial charge on any atom is 0.137 e. The minimum Gasteiger partial charge on any atom is -0.381 e. The van der Waals surface area contributed by atoms with Gasteiger partial charge < -0.3 is 11.1 Å². The van der Waals surface area contributed by atoms with E-state index in [2.05, 4.69) is 21.2 Å². The second kappa shape index (κ2) is 5.15. The smallest absolute Gasteiger partial charge is 0.137 e. The number of benzene rings is 1. The lowest BCUT2D eigenvalue weighted by molar-refractivity contribution is 0.277. The molecule has 1 aromatic rings. The fourth-order valence-electron chi connectivity index (χ4n) is 2.01. The van der Waals surface area contributed by atoms with Crippen LogP contribution < -0.4 is 11.1 Å². The van der Waals surface area contributed by atoms with E-state index in [9.17, 15) is 4.39 Å². The number of hydrogen-bond acceptors (Lipinski definition) is 2. The van der Waals surface area contributed by atoms with Gasteiger partial charge in [-0.25, -0.2) is 4.39 Å². The van der Waals surface area contributed by atoms with Gasteiger partial charge in [0.2, 0.25) is 0 Å². The summed E-state index contributed by atoms with van der Waals surface area (Å²) in [7, 11) is 0. The molecule has 2 nitrogen and oxygen atoms in total. The lowest BCUT2D eigenvalue weighted by Crippen LogP contribution is -2.39. The molecule has 1 saturated carbocycles. The van der Waals surface area contributed by atoms with Gasteiger partial charge in [0, 0.05) is 18.3 Å². The van der Waals surface area contributed by atoms with Gasteiger partial charge in [0.05, 0.1) is 4.47 Å². The molecule has 1 fully saturated rings. The Morgan fingerprint density at radius 3 is 2.75 bits per heavy atom. The number of hydrogen-bond donors (Lipinski definition) is 2. The molecule has 1 aromatic carbocycles. The molecule has 0 aliphatic heterocycles. The summed E-state index contributed by atoms with van der Waals surface area (Å²) in [5.74, 6) is 0.437. The summed E-state index contributed by atoms with van der Waals surface area (Å²) in [5, 5.41) is 3.38. The van der Waals surface area contributed by atoms with Crippen LogP contribution in [0.5, 0.6) is 0 Å². The second-order valence-corrected chi connectivity index (χ2v) is 5.16. The summed E-state index contributed by atoms with van der Waals surface area (Å²) < 4.78 is 13.5. The van der Waals surface area contributed by atoms with Gasteiger partial charge in [-0.15, -0.1) is 0 Å². The van der Waals surface area contributed by atoms with Crippen molar-refractivity contribution in [2.45, 2.75) is 25.3 Å². The first-order valence-electron chi connectivity index (χ1n) is 5.62. The highest BCUT2D eigenvalue weighted by Gasteiger charge is 2.26. The molecule has 0 heterocycles. The van der Waals surface area contributed by atoms with Crippen LogP contribution in [0, 0.1) is 11.7 Å². The molecule has 1 atom stereocenters. The molecule has 1 unspecified atom stereocenters. The van der Waals surface area contributed by atoms with Gasteiger partial charge in [-0.05, 0) is 52.9 Å². The minimum absolute atomic E-state index is 0.238. The zero-order chi connectivity index (χ0) is 11.5. The Morgan fingerprint density at radius 2 is 2.25 bits per heavy atom. The molecule has 88 valence electrons. The van der Waals surface area contributed by atoms with E-state index in [1.807, 2.05) is 0 Å². The summed E-state index contributed by atoms with van der Waals surface area (Å²) >= 11 is 3.18. The predicted octanol–water partition coefficient (Wildman–Crippen LogP) is 3.13. The van der Waals surface area contributed by atoms with Gasteiger partial charge in [0.15, 0.2) is 0 Å². The average molecular weight is 287 g/mol. The first-order valence-corrected chi connectivity index (χ1v) is 6.41.